The summed E-state index contributed by atoms with van der Waals surface area (Å²) in [6.45, 7) is 3.98. The van der Waals surface area contributed by atoms with E-state index in [1.54, 1.807) is 0 Å². The number of nitrogens with one attached hydrogen (secondary N) is 2. The van der Waals surface area contributed by atoms with Crippen LogP contribution in [0, 0.1) is 5.92 Å². The lowest BCUT2D eigenvalue weighted by Crippen LogP contribution is -2.54. The Bertz CT molecular complexity index is 1120. The number of hydrogen-bond donors (Lipinski definition) is 2. The van der Waals surface area contributed by atoms with Gasteiger partial charge >= 0.3 is 12.1 Å². The topological polar surface area (TPSA) is 93.7 Å². The normalized spacial score (nSPS) is 13.0. The van der Waals surface area contributed by atoms with Gasteiger partial charge in [0, 0.05) is 6.42 Å². The maximum atomic E-state index is 13.3. The fourth-order valence-corrected chi connectivity index (χ4v) is 3.73. The Hall–Kier alpha value is -4.13. The molecular weight excluding hydrogens is 468 g/mol. The summed E-state index contributed by atoms with van der Waals surface area (Å²) in [5.41, 5.74) is 2.56. The molecule has 194 valence electrons. The quantitative estimate of drug-likeness (QED) is 0.347. The van der Waals surface area contributed by atoms with Gasteiger partial charge in [0.05, 0.1) is 0 Å². The van der Waals surface area contributed by atoms with Gasteiger partial charge in [-0.05, 0) is 22.6 Å². The zero-order valence-electron chi connectivity index (χ0n) is 21.3. The van der Waals surface area contributed by atoms with E-state index in [0.717, 1.165) is 16.7 Å². The largest absolute Gasteiger partial charge is 0.459 e. The highest BCUT2D eigenvalue weighted by Crippen LogP contribution is 2.12. The summed E-state index contributed by atoms with van der Waals surface area (Å²) in [4.78, 5) is 38.9. The van der Waals surface area contributed by atoms with Crippen molar-refractivity contribution < 1.29 is 23.9 Å². The molecule has 3 aromatic rings. The Morgan fingerprint density at radius 2 is 1.19 bits per heavy atom. The number of benzene rings is 3. The fourth-order valence-electron chi connectivity index (χ4n) is 3.73. The van der Waals surface area contributed by atoms with Gasteiger partial charge in [-0.1, -0.05) is 111 Å². The third kappa shape index (κ3) is 9.11. The van der Waals surface area contributed by atoms with Crippen LogP contribution in [0.5, 0.6) is 0 Å². The molecule has 2 amide bonds. The second-order valence-electron chi connectivity index (χ2n) is 8.91. The summed E-state index contributed by atoms with van der Waals surface area (Å²) in [5, 5.41) is 5.49. The summed E-state index contributed by atoms with van der Waals surface area (Å²) >= 11 is 0. The number of alkyl carbamates (subject to hydrolysis) is 1. The van der Waals surface area contributed by atoms with Crippen LogP contribution in [0.1, 0.15) is 37.0 Å². The molecule has 0 saturated heterocycles. The molecule has 3 atom stereocenters. The van der Waals surface area contributed by atoms with Crippen molar-refractivity contribution in [2.24, 2.45) is 5.92 Å². The number of esters is 1. The Kier molecular flexibility index (Phi) is 10.7. The van der Waals surface area contributed by atoms with Crippen LogP contribution in [0.15, 0.2) is 91.0 Å². The summed E-state index contributed by atoms with van der Waals surface area (Å²) in [6.07, 6.45) is 0.195. The average molecular weight is 503 g/mol. The van der Waals surface area contributed by atoms with Gasteiger partial charge in [-0.2, -0.15) is 0 Å². The maximum absolute atomic E-state index is 13.3. The van der Waals surface area contributed by atoms with Gasteiger partial charge in [-0.25, -0.2) is 9.59 Å². The second kappa shape index (κ2) is 14.4. The van der Waals surface area contributed by atoms with E-state index in [1.807, 2.05) is 105 Å². The number of carbonyl (C=O) groups is 3. The summed E-state index contributed by atoms with van der Waals surface area (Å²) in [6, 6.07) is 26.2. The molecule has 0 spiro atoms. The van der Waals surface area contributed by atoms with Crippen LogP contribution in [0.25, 0.3) is 0 Å². The van der Waals surface area contributed by atoms with E-state index >= 15 is 0 Å². The standard InChI is InChI=1S/C30H34N2O5/c1-3-22(2)27(32-30(35)37-21-25-17-11-6-12-18-25)28(33)31-26(19-23-13-7-4-8-14-23)29(34)36-20-24-15-9-5-10-16-24/h4-18,22,26-27H,3,19-21H2,1-2H3,(H,31,33)(H,32,35)/t22-,26-,27-/m0/s1. The zero-order valence-corrected chi connectivity index (χ0v) is 21.3. The molecule has 0 aliphatic rings. The molecule has 7 heteroatoms. The Morgan fingerprint density at radius 1 is 0.703 bits per heavy atom. The molecule has 0 fully saturated rings. The van der Waals surface area contributed by atoms with Gasteiger partial charge < -0.3 is 20.1 Å². The van der Waals surface area contributed by atoms with Crippen LogP contribution < -0.4 is 10.6 Å². The molecule has 0 bridgehead atoms. The Morgan fingerprint density at radius 3 is 1.70 bits per heavy atom. The van der Waals surface area contributed by atoms with Gasteiger partial charge in [0.15, 0.2) is 0 Å². The minimum absolute atomic E-state index is 0.0873. The highest BCUT2D eigenvalue weighted by molar-refractivity contribution is 5.90. The van der Waals surface area contributed by atoms with Crippen LogP contribution >= 0.6 is 0 Å². The minimum Gasteiger partial charge on any atom is -0.459 e. The summed E-state index contributed by atoms with van der Waals surface area (Å²) in [7, 11) is 0. The average Bonchev–Trinajstić information content (AvgIpc) is 2.94. The van der Waals surface area contributed by atoms with Crippen molar-refractivity contribution in [2.75, 3.05) is 0 Å². The summed E-state index contributed by atoms with van der Waals surface area (Å²) in [5.74, 6) is -1.21. The van der Waals surface area contributed by atoms with Crippen molar-refractivity contribution in [3.63, 3.8) is 0 Å². The van der Waals surface area contributed by atoms with Crippen LogP contribution in [0.4, 0.5) is 4.79 Å². The molecule has 0 aliphatic carbocycles. The third-order valence-electron chi connectivity index (χ3n) is 6.09. The first-order chi connectivity index (χ1) is 18.0. The van der Waals surface area contributed by atoms with E-state index in [1.165, 1.54) is 0 Å². The number of rotatable bonds is 12. The summed E-state index contributed by atoms with van der Waals surface area (Å²) < 4.78 is 10.9. The SMILES string of the molecule is CC[C@H](C)[C@H](NC(=O)OCc1ccccc1)C(=O)N[C@@H](Cc1ccccc1)C(=O)OCc1ccccc1. The van der Waals surface area contributed by atoms with E-state index in [-0.39, 0.29) is 25.6 Å². The smallest absolute Gasteiger partial charge is 0.408 e. The third-order valence-corrected chi connectivity index (χ3v) is 6.09. The molecular formula is C30H34N2O5. The van der Waals surface area contributed by atoms with Crippen molar-refractivity contribution in [1.29, 1.82) is 0 Å². The number of ether oxygens (including phenoxy) is 2. The molecule has 0 aromatic heterocycles. The molecule has 3 aromatic carbocycles. The van der Waals surface area contributed by atoms with Crippen LogP contribution in [0.3, 0.4) is 0 Å². The number of amides is 2. The van der Waals surface area contributed by atoms with Crippen LogP contribution in [-0.2, 0) is 38.7 Å². The van der Waals surface area contributed by atoms with Crippen LogP contribution in [-0.4, -0.2) is 30.1 Å². The fraction of sp³-hybridized carbons (Fsp3) is 0.300. The predicted molar refractivity (Wildman–Crippen MR) is 141 cm³/mol. The highest BCUT2D eigenvalue weighted by Gasteiger charge is 2.31. The lowest BCUT2D eigenvalue weighted by Gasteiger charge is -2.26. The molecule has 0 heterocycles. The van der Waals surface area contributed by atoms with E-state index in [4.69, 9.17) is 9.47 Å². The lowest BCUT2D eigenvalue weighted by atomic mass is 9.97. The molecule has 0 aliphatic heterocycles. The molecule has 0 radical (unpaired) electrons. The first-order valence-electron chi connectivity index (χ1n) is 12.5. The van der Waals surface area contributed by atoms with Crippen molar-refractivity contribution in [3.8, 4) is 0 Å². The van der Waals surface area contributed by atoms with Gasteiger partial charge in [0.2, 0.25) is 5.91 Å². The number of hydrogen-bond acceptors (Lipinski definition) is 5. The molecule has 0 saturated carbocycles. The van der Waals surface area contributed by atoms with Crippen molar-refractivity contribution in [1.82, 2.24) is 10.6 Å². The highest BCUT2D eigenvalue weighted by atomic mass is 16.5. The molecule has 3 rings (SSSR count). The van der Waals surface area contributed by atoms with E-state index in [9.17, 15) is 14.4 Å². The van der Waals surface area contributed by atoms with E-state index in [0.29, 0.717) is 6.42 Å². The van der Waals surface area contributed by atoms with Crippen LogP contribution in [0.2, 0.25) is 0 Å². The first kappa shape index (κ1) is 27.5. The molecule has 37 heavy (non-hydrogen) atoms. The minimum atomic E-state index is -0.924. The molecule has 0 unspecified atom stereocenters. The maximum Gasteiger partial charge on any atom is 0.408 e. The van der Waals surface area contributed by atoms with E-state index in [2.05, 4.69) is 10.6 Å². The zero-order chi connectivity index (χ0) is 26.5. The molecule has 2 N–H and O–H groups in total. The monoisotopic (exact) mass is 502 g/mol. The second-order valence-corrected chi connectivity index (χ2v) is 8.91. The van der Waals surface area contributed by atoms with Gasteiger partial charge in [-0.3, -0.25) is 4.79 Å². The van der Waals surface area contributed by atoms with Gasteiger partial charge in [0.25, 0.3) is 0 Å². The number of carbonyl (C=O) groups excluding carboxylic acids is 3. The van der Waals surface area contributed by atoms with Gasteiger partial charge in [0.1, 0.15) is 25.3 Å². The Balaban J connectivity index is 1.67. The molecule has 7 nitrogen and oxygen atoms in total. The van der Waals surface area contributed by atoms with Crippen molar-refractivity contribution in [2.45, 2.75) is 52.0 Å². The van der Waals surface area contributed by atoms with Crippen molar-refractivity contribution >= 4 is 18.0 Å². The van der Waals surface area contributed by atoms with E-state index < -0.39 is 30.1 Å². The predicted octanol–water partition coefficient (Wildman–Crippen LogP) is 4.80. The Labute approximate surface area is 218 Å². The van der Waals surface area contributed by atoms with Gasteiger partial charge in [-0.15, -0.1) is 0 Å². The lowest BCUT2D eigenvalue weighted by molar-refractivity contribution is -0.149. The van der Waals surface area contributed by atoms with Crippen molar-refractivity contribution in [3.05, 3.63) is 108 Å². The first-order valence-corrected chi connectivity index (χ1v) is 12.5.